The third-order valence-corrected chi connectivity index (χ3v) is 5.54. The first kappa shape index (κ1) is 15.0. The third kappa shape index (κ3) is 3.65. The molecule has 3 heteroatoms. The molecule has 3 aromatic rings. The van der Waals surface area contributed by atoms with Crippen LogP contribution in [-0.4, -0.2) is 6.54 Å². The van der Waals surface area contributed by atoms with Crippen molar-refractivity contribution in [1.82, 2.24) is 5.32 Å². The Labute approximate surface area is 143 Å². The number of hydrogen-bond donors (Lipinski definition) is 1. The molecule has 2 aromatic carbocycles. The zero-order valence-electron chi connectivity index (χ0n) is 12.0. The molecule has 0 radical (unpaired) electrons. The molecule has 0 bridgehead atoms. The van der Waals surface area contributed by atoms with Crippen LogP contribution < -0.4 is 5.32 Å². The van der Waals surface area contributed by atoms with Gasteiger partial charge >= 0.3 is 0 Å². The van der Waals surface area contributed by atoms with Gasteiger partial charge < -0.3 is 5.32 Å². The maximum Gasteiger partial charge on any atom is 0.0456 e. The second-order valence-electron chi connectivity index (χ2n) is 5.13. The van der Waals surface area contributed by atoms with Crippen LogP contribution in [0, 0.1) is 3.57 Å². The van der Waals surface area contributed by atoms with Crippen molar-refractivity contribution in [3.05, 3.63) is 68.6 Å². The number of fused-ring (bicyclic) bond motifs is 1. The number of benzene rings is 2. The average Bonchev–Trinajstić information content (AvgIpc) is 2.93. The molecule has 1 aromatic heterocycles. The Bertz CT molecular complexity index is 684. The first-order chi connectivity index (χ1) is 10.3. The molecule has 0 aliphatic carbocycles. The normalized spacial score (nSPS) is 12.7. The maximum atomic E-state index is 3.63. The summed E-state index contributed by atoms with van der Waals surface area (Å²) in [5, 5.41) is 4.98. The summed E-state index contributed by atoms with van der Waals surface area (Å²) in [7, 11) is 0. The number of likely N-dealkylation sites (N-methyl/N-ethyl adjacent to an activating group) is 1. The molecule has 1 atom stereocenters. The number of hydrogen-bond acceptors (Lipinski definition) is 2. The van der Waals surface area contributed by atoms with Gasteiger partial charge in [-0.3, -0.25) is 0 Å². The van der Waals surface area contributed by atoms with Crippen LogP contribution in [0.3, 0.4) is 0 Å². The molecular weight excluding hydrogens is 389 g/mol. The summed E-state index contributed by atoms with van der Waals surface area (Å²) in [6.07, 6.45) is 1.04. The SMILES string of the molecule is CCNC(Cc1ccc(I)cc1)c1cc2ccccc2s1. The van der Waals surface area contributed by atoms with Crippen molar-refractivity contribution in [2.75, 3.05) is 6.54 Å². The number of nitrogens with one attached hydrogen (secondary N) is 1. The molecule has 0 saturated heterocycles. The topological polar surface area (TPSA) is 12.0 Å². The molecule has 1 heterocycles. The van der Waals surface area contributed by atoms with Crippen molar-refractivity contribution in [3.8, 4) is 0 Å². The van der Waals surface area contributed by atoms with Crippen LogP contribution in [0.25, 0.3) is 10.1 Å². The number of thiophene rings is 1. The van der Waals surface area contributed by atoms with E-state index in [1.54, 1.807) is 0 Å². The van der Waals surface area contributed by atoms with E-state index < -0.39 is 0 Å². The van der Waals surface area contributed by atoms with Crippen LogP contribution in [-0.2, 0) is 6.42 Å². The lowest BCUT2D eigenvalue weighted by molar-refractivity contribution is 0.558. The van der Waals surface area contributed by atoms with Crippen molar-refractivity contribution >= 4 is 44.0 Å². The molecule has 0 amide bonds. The molecule has 3 rings (SSSR count). The molecule has 1 N–H and O–H groups in total. The van der Waals surface area contributed by atoms with E-state index in [1.807, 2.05) is 11.3 Å². The fourth-order valence-electron chi connectivity index (χ4n) is 2.55. The van der Waals surface area contributed by atoms with Gasteiger partial charge in [-0.25, -0.2) is 0 Å². The Morgan fingerprint density at radius 1 is 1.10 bits per heavy atom. The maximum absolute atomic E-state index is 3.63. The van der Waals surface area contributed by atoms with E-state index in [0.29, 0.717) is 6.04 Å². The van der Waals surface area contributed by atoms with Crippen LogP contribution >= 0.6 is 33.9 Å². The zero-order chi connectivity index (χ0) is 14.7. The highest BCUT2D eigenvalue weighted by atomic mass is 127. The summed E-state index contributed by atoms with van der Waals surface area (Å²) in [4.78, 5) is 1.43. The van der Waals surface area contributed by atoms with E-state index >= 15 is 0 Å². The van der Waals surface area contributed by atoms with Gasteiger partial charge in [0.1, 0.15) is 0 Å². The van der Waals surface area contributed by atoms with Crippen LogP contribution in [0.1, 0.15) is 23.4 Å². The van der Waals surface area contributed by atoms with Gasteiger partial charge in [0.15, 0.2) is 0 Å². The average molecular weight is 407 g/mol. The first-order valence-corrected chi connectivity index (χ1v) is 9.12. The van der Waals surface area contributed by atoms with Gasteiger partial charge in [0.25, 0.3) is 0 Å². The van der Waals surface area contributed by atoms with Gasteiger partial charge in [0, 0.05) is 19.2 Å². The molecule has 0 aliphatic rings. The second-order valence-corrected chi connectivity index (χ2v) is 7.49. The number of halogens is 1. The predicted octanol–water partition coefficient (Wildman–Crippen LogP) is 5.40. The van der Waals surface area contributed by atoms with Crippen LogP contribution in [0.5, 0.6) is 0 Å². The lowest BCUT2D eigenvalue weighted by atomic mass is 10.0. The van der Waals surface area contributed by atoms with E-state index in [9.17, 15) is 0 Å². The Hall–Kier alpha value is -0.910. The van der Waals surface area contributed by atoms with Crippen LogP contribution in [0.15, 0.2) is 54.6 Å². The Kier molecular flexibility index (Phi) is 4.93. The highest BCUT2D eigenvalue weighted by molar-refractivity contribution is 14.1. The van der Waals surface area contributed by atoms with Crippen LogP contribution in [0.4, 0.5) is 0 Å². The van der Waals surface area contributed by atoms with E-state index in [1.165, 1.54) is 24.1 Å². The van der Waals surface area contributed by atoms with Gasteiger partial charge in [-0.1, -0.05) is 37.3 Å². The third-order valence-electron chi connectivity index (χ3n) is 3.59. The standard InChI is InChI=1S/C18H18INS/c1-2-20-16(11-13-7-9-15(19)10-8-13)18-12-14-5-3-4-6-17(14)21-18/h3-10,12,16,20H,2,11H2,1H3. The summed E-state index contributed by atoms with van der Waals surface area (Å²) in [6, 6.07) is 20.2. The Morgan fingerprint density at radius 2 is 1.86 bits per heavy atom. The lowest BCUT2D eigenvalue weighted by Gasteiger charge is -2.16. The van der Waals surface area contributed by atoms with Gasteiger partial charge in [-0.05, 0) is 70.8 Å². The van der Waals surface area contributed by atoms with Gasteiger partial charge in [0.2, 0.25) is 0 Å². The van der Waals surface area contributed by atoms with Crippen molar-refractivity contribution in [3.63, 3.8) is 0 Å². The molecule has 108 valence electrons. The van der Waals surface area contributed by atoms with Crippen molar-refractivity contribution in [2.24, 2.45) is 0 Å². The number of rotatable bonds is 5. The minimum absolute atomic E-state index is 0.396. The van der Waals surface area contributed by atoms with E-state index in [4.69, 9.17) is 0 Å². The summed E-state index contributed by atoms with van der Waals surface area (Å²) in [6.45, 7) is 3.16. The molecule has 0 fully saturated rings. The zero-order valence-corrected chi connectivity index (χ0v) is 14.9. The molecule has 0 spiro atoms. The monoisotopic (exact) mass is 407 g/mol. The molecule has 21 heavy (non-hydrogen) atoms. The van der Waals surface area contributed by atoms with Gasteiger partial charge in [-0.15, -0.1) is 11.3 Å². The Balaban J connectivity index is 1.87. The largest absolute Gasteiger partial charge is 0.309 e. The van der Waals surface area contributed by atoms with Crippen molar-refractivity contribution < 1.29 is 0 Å². The molecule has 0 saturated carbocycles. The van der Waals surface area contributed by atoms with Gasteiger partial charge in [0.05, 0.1) is 0 Å². The fraction of sp³-hybridized carbons (Fsp3) is 0.222. The van der Waals surface area contributed by atoms with Crippen molar-refractivity contribution in [1.29, 1.82) is 0 Å². The van der Waals surface area contributed by atoms with Crippen LogP contribution in [0.2, 0.25) is 0 Å². The Morgan fingerprint density at radius 3 is 2.57 bits per heavy atom. The summed E-state index contributed by atoms with van der Waals surface area (Å²) in [5.41, 5.74) is 1.39. The first-order valence-electron chi connectivity index (χ1n) is 7.22. The highest BCUT2D eigenvalue weighted by Crippen LogP contribution is 2.31. The second kappa shape index (κ2) is 6.90. The lowest BCUT2D eigenvalue weighted by Crippen LogP contribution is -2.22. The highest BCUT2D eigenvalue weighted by Gasteiger charge is 2.14. The van der Waals surface area contributed by atoms with Crippen molar-refractivity contribution in [2.45, 2.75) is 19.4 Å². The fourth-order valence-corrected chi connectivity index (χ4v) is 4.05. The molecule has 0 aliphatic heterocycles. The predicted molar refractivity (Wildman–Crippen MR) is 101 cm³/mol. The smallest absolute Gasteiger partial charge is 0.0456 e. The van der Waals surface area contributed by atoms with Gasteiger partial charge in [-0.2, -0.15) is 0 Å². The molecule has 1 nitrogen and oxygen atoms in total. The minimum Gasteiger partial charge on any atom is -0.309 e. The molecular formula is C18H18INS. The van der Waals surface area contributed by atoms with E-state index in [0.717, 1.165) is 13.0 Å². The van der Waals surface area contributed by atoms with E-state index in [2.05, 4.69) is 89.4 Å². The summed E-state index contributed by atoms with van der Waals surface area (Å²) >= 11 is 4.26. The summed E-state index contributed by atoms with van der Waals surface area (Å²) in [5.74, 6) is 0. The summed E-state index contributed by atoms with van der Waals surface area (Å²) < 4.78 is 2.66. The minimum atomic E-state index is 0.396. The molecule has 1 unspecified atom stereocenters. The van der Waals surface area contributed by atoms with E-state index in [-0.39, 0.29) is 0 Å². The quantitative estimate of drug-likeness (QED) is 0.559.